The highest BCUT2D eigenvalue weighted by Gasteiger charge is 2.03. The van der Waals surface area contributed by atoms with E-state index < -0.39 is 0 Å². The second kappa shape index (κ2) is 5.99. The Kier molecular flexibility index (Phi) is 4.08. The molecule has 17 heavy (non-hydrogen) atoms. The molecule has 2 aromatic rings. The maximum absolute atomic E-state index is 4.31. The molecule has 0 unspecified atom stereocenters. The molecule has 0 fully saturated rings. The molecule has 88 valence electrons. The fraction of sp³-hybridized carbons (Fsp3) is 0.286. The van der Waals surface area contributed by atoms with Crippen molar-refractivity contribution in [3.05, 3.63) is 61.0 Å². The highest BCUT2D eigenvalue weighted by molar-refractivity contribution is 5.01. The standard InChI is InChI=1S/C14H18N3/c1-2-3-6-9-16-10-11-17(13-16)12-14-7-4-5-8-15-14/h3-8,10-11,13H,2,9,12H2,1H3/q+1/b6-3+. The van der Waals surface area contributed by atoms with Crippen LogP contribution in [0.3, 0.4) is 0 Å². The zero-order chi connectivity index (χ0) is 11.9. The summed E-state index contributed by atoms with van der Waals surface area (Å²) in [5, 5.41) is 0. The average Bonchev–Trinajstić information content (AvgIpc) is 2.79. The van der Waals surface area contributed by atoms with Crippen molar-refractivity contribution < 1.29 is 4.57 Å². The predicted octanol–water partition coefficient (Wildman–Crippen LogP) is 2.19. The fourth-order valence-corrected chi connectivity index (χ4v) is 1.68. The van der Waals surface area contributed by atoms with Gasteiger partial charge in [0.25, 0.3) is 0 Å². The first-order chi connectivity index (χ1) is 8.38. The summed E-state index contributed by atoms with van der Waals surface area (Å²) in [5.74, 6) is 0. The van der Waals surface area contributed by atoms with Crippen LogP contribution >= 0.6 is 0 Å². The van der Waals surface area contributed by atoms with Gasteiger partial charge in [0.05, 0.1) is 5.69 Å². The van der Waals surface area contributed by atoms with E-state index in [9.17, 15) is 0 Å². The van der Waals surface area contributed by atoms with Gasteiger partial charge in [0.2, 0.25) is 6.33 Å². The van der Waals surface area contributed by atoms with Crippen molar-refractivity contribution in [3.63, 3.8) is 0 Å². The monoisotopic (exact) mass is 228 g/mol. The highest BCUT2D eigenvalue weighted by Crippen LogP contribution is 1.93. The van der Waals surface area contributed by atoms with Crippen molar-refractivity contribution in [2.45, 2.75) is 26.4 Å². The first-order valence-corrected chi connectivity index (χ1v) is 5.98. The lowest BCUT2D eigenvalue weighted by molar-refractivity contribution is -0.688. The van der Waals surface area contributed by atoms with Gasteiger partial charge in [-0.25, -0.2) is 9.13 Å². The number of nitrogens with zero attached hydrogens (tertiary/aromatic N) is 3. The molecule has 3 nitrogen and oxygen atoms in total. The van der Waals surface area contributed by atoms with Crippen molar-refractivity contribution in [2.24, 2.45) is 0 Å². The number of hydrogen-bond acceptors (Lipinski definition) is 1. The SMILES string of the molecule is CC/C=C/Cn1cc[n+](Cc2ccccn2)c1. The molecule has 0 amide bonds. The summed E-state index contributed by atoms with van der Waals surface area (Å²) >= 11 is 0. The minimum absolute atomic E-state index is 0.825. The lowest BCUT2D eigenvalue weighted by atomic mass is 10.3. The Bertz CT molecular complexity index is 471. The molecule has 0 aliphatic rings. The Labute approximate surface area is 102 Å². The summed E-state index contributed by atoms with van der Waals surface area (Å²) < 4.78 is 4.30. The third kappa shape index (κ3) is 3.55. The molecule has 0 saturated carbocycles. The van der Waals surface area contributed by atoms with Gasteiger partial charge in [0.1, 0.15) is 25.5 Å². The van der Waals surface area contributed by atoms with Crippen LogP contribution in [0.4, 0.5) is 0 Å². The van der Waals surface area contributed by atoms with Gasteiger partial charge in [-0.1, -0.05) is 19.1 Å². The van der Waals surface area contributed by atoms with Crippen LogP contribution in [0.1, 0.15) is 19.0 Å². The number of aromatic nitrogens is 3. The van der Waals surface area contributed by atoms with E-state index in [1.165, 1.54) is 0 Å². The van der Waals surface area contributed by atoms with Crippen molar-refractivity contribution in [3.8, 4) is 0 Å². The van der Waals surface area contributed by atoms with Crippen LogP contribution in [0.25, 0.3) is 0 Å². The zero-order valence-corrected chi connectivity index (χ0v) is 10.2. The zero-order valence-electron chi connectivity index (χ0n) is 10.2. The topological polar surface area (TPSA) is 21.7 Å². The van der Waals surface area contributed by atoms with E-state index in [0.717, 1.165) is 25.2 Å². The van der Waals surface area contributed by atoms with E-state index in [0.29, 0.717) is 0 Å². The number of hydrogen-bond donors (Lipinski definition) is 0. The number of imidazole rings is 1. The van der Waals surface area contributed by atoms with Gasteiger partial charge >= 0.3 is 0 Å². The summed E-state index contributed by atoms with van der Waals surface area (Å²) in [6, 6.07) is 6.00. The van der Waals surface area contributed by atoms with Gasteiger partial charge in [-0.15, -0.1) is 0 Å². The van der Waals surface area contributed by atoms with E-state index in [1.807, 2.05) is 24.4 Å². The van der Waals surface area contributed by atoms with Crippen LogP contribution in [0.15, 0.2) is 55.3 Å². The van der Waals surface area contributed by atoms with Crippen LogP contribution < -0.4 is 4.57 Å². The predicted molar refractivity (Wildman–Crippen MR) is 67.4 cm³/mol. The van der Waals surface area contributed by atoms with Crippen molar-refractivity contribution in [1.29, 1.82) is 0 Å². The Morgan fingerprint density at radius 1 is 1.35 bits per heavy atom. The quantitative estimate of drug-likeness (QED) is 0.568. The fourth-order valence-electron chi connectivity index (χ4n) is 1.68. The van der Waals surface area contributed by atoms with Crippen LogP contribution in [0.2, 0.25) is 0 Å². The number of pyridine rings is 1. The lowest BCUT2D eigenvalue weighted by Crippen LogP contribution is -2.32. The molecule has 0 aromatic carbocycles. The van der Waals surface area contributed by atoms with E-state index in [-0.39, 0.29) is 0 Å². The molecule has 0 radical (unpaired) electrons. The number of allylic oxidation sites excluding steroid dienone is 2. The maximum Gasteiger partial charge on any atom is 0.244 e. The van der Waals surface area contributed by atoms with Gasteiger partial charge in [0, 0.05) is 6.20 Å². The molecule has 0 N–H and O–H groups in total. The lowest BCUT2D eigenvalue weighted by Gasteiger charge is -1.95. The molecule has 0 bridgehead atoms. The smallest absolute Gasteiger partial charge is 0.244 e. The summed E-state index contributed by atoms with van der Waals surface area (Å²) in [7, 11) is 0. The van der Waals surface area contributed by atoms with Crippen molar-refractivity contribution >= 4 is 0 Å². The van der Waals surface area contributed by atoms with Gasteiger partial charge in [-0.05, 0) is 24.6 Å². The Morgan fingerprint density at radius 2 is 2.29 bits per heavy atom. The minimum Gasteiger partial charge on any atom is -0.257 e. The summed E-state index contributed by atoms with van der Waals surface area (Å²) in [6.07, 6.45) is 13.6. The molecule has 0 saturated heterocycles. The molecular formula is C14H18N3+. The second-order valence-corrected chi connectivity index (χ2v) is 3.98. The molecule has 2 aromatic heterocycles. The van der Waals surface area contributed by atoms with E-state index in [2.05, 4.69) is 51.9 Å². The Hall–Kier alpha value is -1.90. The van der Waals surface area contributed by atoms with E-state index in [1.54, 1.807) is 0 Å². The van der Waals surface area contributed by atoms with Gasteiger partial charge < -0.3 is 0 Å². The van der Waals surface area contributed by atoms with Crippen molar-refractivity contribution in [2.75, 3.05) is 0 Å². The highest BCUT2D eigenvalue weighted by atomic mass is 15.1. The van der Waals surface area contributed by atoms with Gasteiger partial charge in [-0.2, -0.15) is 0 Å². The van der Waals surface area contributed by atoms with Crippen molar-refractivity contribution in [1.82, 2.24) is 9.55 Å². The van der Waals surface area contributed by atoms with Gasteiger partial charge in [-0.3, -0.25) is 4.98 Å². The Balaban J connectivity index is 1.97. The Morgan fingerprint density at radius 3 is 3.06 bits per heavy atom. The van der Waals surface area contributed by atoms with E-state index >= 15 is 0 Å². The molecule has 0 atom stereocenters. The largest absolute Gasteiger partial charge is 0.257 e. The average molecular weight is 228 g/mol. The van der Waals surface area contributed by atoms with Gasteiger partial charge in [0.15, 0.2) is 0 Å². The second-order valence-electron chi connectivity index (χ2n) is 3.98. The minimum atomic E-state index is 0.825. The summed E-state index contributed by atoms with van der Waals surface area (Å²) in [6.45, 7) is 3.90. The number of rotatable bonds is 5. The molecular weight excluding hydrogens is 210 g/mol. The molecule has 2 heterocycles. The van der Waals surface area contributed by atoms with Crippen LogP contribution in [0, 0.1) is 0 Å². The normalized spacial score (nSPS) is 11.1. The summed E-state index contributed by atoms with van der Waals surface area (Å²) in [4.78, 5) is 4.31. The summed E-state index contributed by atoms with van der Waals surface area (Å²) in [5.41, 5.74) is 1.08. The molecule has 0 aliphatic carbocycles. The first kappa shape index (κ1) is 11.6. The first-order valence-electron chi connectivity index (χ1n) is 5.98. The van der Waals surface area contributed by atoms with E-state index in [4.69, 9.17) is 0 Å². The van der Waals surface area contributed by atoms with Crippen LogP contribution in [0.5, 0.6) is 0 Å². The molecule has 0 aliphatic heterocycles. The van der Waals surface area contributed by atoms with Crippen LogP contribution in [-0.4, -0.2) is 9.55 Å². The molecule has 2 rings (SSSR count). The third-order valence-electron chi connectivity index (χ3n) is 2.54. The molecule has 0 spiro atoms. The molecule has 3 heteroatoms. The third-order valence-corrected chi connectivity index (χ3v) is 2.54. The van der Waals surface area contributed by atoms with Crippen LogP contribution in [-0.2, 0) is 13.1 Å². The maximum atomic E-state index is 4.31.